The van der Waals surface area contributed by atoms with Crippen LogP contribution in [0.5, 0.6) is 0 Å². The van der Waals surface area contributed by atoms with Crippen molar-refractivity contribution < 1.29 is 4.92 Å². The van der Waals surface area contributed by atoms with Gasteiger partial charge in [0.1, 0.15) is 0 Å². The van der Waals surface area contributed by atoms with E-state index < -0.39 is 4.92 Å². The maximum atomic E-state index is 10.6. The molecule has 1 rings (SSSR count). The lowest BCUT2D eigenvalue weighted by atomic mass is 10.1. The Morgan fingerprint density at radius 1 is 1.46 bits per heavy atom. The van der Waals surface area contributed by atoms with Gasteiger partial charge in [0.15, 0.2) is 0 Å². The first-order valence-electron chi connectivity index (χ1n) is 3.64. The molecule has 4 nitrogen and oxygen atoms in total. The van der Waals surface area contributed by atoms with Crippen LogP contribution in [0, 0.1) is 24.0 Å². The summed E-state index contributed by atoms with van der Waals surface area (Å²) < 4.78 is 0.572. The van der Waals surface area contributed by atoms with Gasteiger partial charge in [-0.05, 0) is 35.3 Å². The minimum atomic E-state index is -0.410. The third-order valence-corrected chi connectivity index (χ3v) is 2.72. The first-order chi connectivity index (χ1) is 5.95. The molecule has 70 valence electrons. The Morgan fingerprint density at radius 2 is 2.00 bits per heavy atom. The van der Waals surface area contributed by atoms with Crippen molar-refractivity contribution in [2.24, 2.45) is 0 Å². The average molecular weight is 245 g/mol. The normalized spacial score (nSPS) is 10.1. The summed E-state index contributed by atoms with van der Waals surface area (Å²) in [6.45, 7) is 3.46. The van der Waals surface area contributed by atoms with E-state index in [0.29, 0.717) is 15.7 Å². The summed E-state index contributed by atoms with van der Waals surface area (Å²) in [7, 11) is 0. The molecule has 0 radical (unpaired) electrons. The van der Waals surface area contributed by atoms with Crippen LogP contribution < -0.4 is 5.73 Å². The van der Waals surface area contributed by atoms with Crippen molar-refractivity contribution in [3.8, 4) is 0 Å². The van der Waals surface area contributed by atoms with E-state index in [2.05, 4.69) is 15.9 Å². The van der Waals surface area contributed by atoms with Crippen LogP contribution in [-0.2, 0) is 0 Å². The zero-order valence-electron chi connectivity index (χ0n) is 7.30. The van der Waals surface area contributed by atoms with Gasteiger partial charge >= 0.3 is 0 Å². The number of hydrogen-bond donors (Lipinski definition) is 1. The maximum Gasteiger partial charge on any atom is 0.273 e. The van der Waals surface area contributed by atoms with E-state index in [0.717, 1.165) is 5.56 Å². The third kappa shape index (κ3) is 1.65. The summed E-state index contributed by atoms with van der Waals surface area (Å²) in [6.07, 6.45) is 0. The molecule has 0 saturated carbocycles. The van der Waals surface area contributed by atoms with Crippen LogP contribution >= 0.6 is 15.9 Å². The molecule has 5 heteroatoms. The van der Waals surface area contributed by atoms with Gasteiger partial charge in [-0.2, -0.15) is 0 Å². The summed E-state index contributed by atoms with van der Waals surface area (Å²) in [4.78, 5) is 10.2. The molecule has 0 spiro atoms. The van der Waals surface area contributed by atoms with Crippen molar-refractivity contribution in [1.82, 2.24) is 0 Å². The summed E-state index contributed by atoms with van der Waals surface area (Å²) in [5.74, 6) is 0. The van der Waals surface area contributed by atoms with Crippen molar-refractivity contribution in [3.05, 3.63) is 31.8 Å². The molecule has 0 aliphatic rings. The fourth-order valence-corrected chi connectivity index (χ4v) is 1.58. The Balaban J connectivity index is 3.50. The predicted octanol–water partition coefficient (Wildman–Crippen LogP) is 2.56. The van der Waals surface area contributed by atoms with Gasteiger partial charge in [-0.15, -0.1) is 0 Å². The van der Waals surface area contributed by atoms with E-state index in [1.807, 2.05) is 0 Å². The average Bonchev–Trinajstić information content (AvgIpc) is 2.07. The van der Waals surface area contributed by atoms with Crippen LogP contribution in [-0.4, -0.2) is 4.92 Å². The standard InChI is InChI=1S/C8H9BrN2O2/c1-4-5(2)8(10)6(9)3-7(4)11(12)13/h3H,10H2,1-2H3. The second-order valence-electron chi connectivity index (χ2n) is 2.80. The number of benzene rings is 1. The molecule has 0 saturated heterocycles. The smallest absolute Gasteiger partial charge is 0.273 e. The zero-order chi connectivity index (χ0) is 10.2. The molecule has 0 heterocycles. The van der Waals surface area contributed by atoms with Crippen LogP contribution in [0.1, 0.15) is 11.1 Å². The van der Waals surface area contributed by atoms with E-state index >= 15 is 0 Å². The SMILES string of the molecule is Cc1c([N+](=O)[O-])cc(Br)c(N)c1C. The molecule has 0 amide bonds. The van der Waals surface area contributed by atoms with Crippen LogP contribution in [0.25, 0.3) is 0 Å². The lowest BCUT2D eigenvalue weighted by Gasteiger charge is -2.06. The largest absolute Gasteiger partial charge is 0.398 e. The molecule has 0 fully saturated rings. The summed E-state index contributed by atoms with van der Waals surface area (Å²) in [5.41, 5.74) is 7.70. The monoisotopic (exact) mass is 244 g/mol. The Bertz CT molecular complexity index is 377. The van der Waals surface area contributed by atoms with Crippen molar-refractivity contribution in [2.75, 3.05) is 5.73 Å². The number of hydrogen-bond acceptors (Lipinski definition) is 3. The van der Waals surface area contributed by atoms with Gasteiger partial charge in [0.2, 0.25) is 0 Å². The number of nitrogen functional groups attached to an aromatic ring is 1. The molecular weight excluding hydrogens is 236 g/mol. The topological polar surface area (TPSA) is 69.2 Å². The lowest BCUT2D eigenvalue weighted by Crippen LogP contribution is -1.99. The Hall–Kier alpha value is -1.10. The lowest BCUT2D eigenvalue weighted by molar-refractivity contribution is -0.385. The number of nitrogens with zero attached hydrogens (tertiary/aromatic N) is 1. The van der Waals surface area contributed by atoms with Gasteiger partial charge in [0.25, 0.3) is 5.69 Å². The molecular formula is C8H9BrN2O2. The van der Waals surface area contributed by atoms with Gasteiger partial charge in [-0.3, -0.25) is 10.1 Å². The zero-order valence-corrected chi connectivity index (χ0v) is 8.88. The van der Waals surface area contributed by atoms with Gasteiger partial charge in [-0.1, -0.05) is 0 Å². The molecule has 2 N–H and O–H groups in total. The van der Waals surface area contributed by atoms with Crippen molar-refractivity contribution in [1.29, 1.82) is 0 Å². The molecule has 1 aromatic carbocycles. The highest BCUT2D eigenvalue weighted by Crippen LogP contribution is 2.32. The predicted molar refractivity (Wildman–Crippen MR) is 54.7 cm³/mol. The molecule has 0 atom stereocenters. The molecule has 0 bridgehead atoms. The van der Waals surface area contributed by atoms with Gasteiger partial charge < -0.3 is 5.73 Å². The van der Waals surface area contributed by atoms with E-state index in [1.54, 1.807) is 13.8 Å². The van der Waals surface area contributed by atoms with E-state index in [9.17, 15) is 10.1 Å². The van der Waals surface area contributed by atoms with Crippen LogP contribution in [0.3, 0.4) is 0 Å². The minimum absolute atomic E-state index is 0.0959. The number of nitrogens with two attached hydrogens (primary N) is 1. The van der Waals surface area contributed by atoms with Crippen molar-refractivity contribution >= 4 is 27.3 Å². The highest BCUT2D eigenvalue weighted by atomic mass is 79.9. The van der Waals surface area contributed by atoms with E-state index in [1.165, 1.54) is 6.07 Å². The molecule has 0 aliphatic heterocycles. The van der Waals surface area contributed by atoms with Crippen LogP contribution in [0.15, 0.2) is 10.5 Å². The van der Waals surface area contributed by atoms with Gasteiger partial charge in [0.05, 0.1) is 4.92 Å². The Morgan fingerprint density at radius 3 is 2.46 bits per heavy atom. The third-order valence-electron chi connectivity index (χ3n) is 2.07. The van der Waals surface area contributed by atoms with Crippen LogP contribution in [0.4, 0.5) is 11.4 Å². The van der Waals surface area contributed by atoms with Crippen molar-refractivity contribution in [3.63, 3.8) is 0 Å². The number of nitro benzene ring substituents is 1. The second-order valence-corrected chi connectivity index (χ2v) is 3.65. The molecule has 13 heavy (non-hydrogen) atoms. The van der Waals surface area contributed by atoms with Crippen LogP contribution in [0.2, 0.25) is 0 Å². The highest BCUT2D eigenvalue weighted by Gasteiger charge is 2.16. The molecule has 1 aromatic rings. The first-order valence-corrected chi connectivity index (χ1v) is 4.44. The van der Waals surface area contributed by atoms with E-state index in [-0.39, 0.29) is 5.69 Å². The molecule has 0 aromatic heterocycles. The number of halogens is 1. The number of nitro groups is 1. The fourth-order valence-electron chi connectivity index (χ4n) is 1.07. The quantitative estimate of drug-likeness (QED) is 0.469. The molecule has 0 aliphatic carbocycles. The Kier molecular flexibility index (Phi) is 2.56. The Labute approximate surface area is 84.0 Å². The first kappa shape index (κ1) is 9.98. The number of anilines is 1. The van der Waals surface area contributed by atoms with Gasteiger partial charge in [0, 0.05) is 21.8 Å². The van der Waals surface area contributed by atoms with Gasteiger partial charge in [-0.25, -0.2) is 0 Å². The highest BCUT2D eigenvalue weighted by molar-refractivity contribution is 9.10. The van der Waals surface area contributed by atoms with E-state index in [4.69, 9.17) is 5.73 Å². The number of rotatable bonds is 1. The summed E-state index contributed by atoms with van der Waals surface area (Å²) in [6, 6.07) is 1.43. The fraction of sp³-hybridized carbons (Fsp3) is 0.250. The summed E-state index contributed by atoms with van der Waals surface area (Å²) >= 11 is 3.17. The molecule has 0 unspecified atom stereocenters. The summed E-state index contributed by atoms with van der Waals surface area (Å²) in [5, 5.41) is 10.6. The maximum absolute atomic E-state index is 10.6. The second kappa shape index (κ2) is 3.33. The van der Waals surface area contributed by atoms with Crippen molar-refractivity contribution in [2.45, 2.75) is 13.8 Å². The minimum Gasteiger partial charge on any atom is -0.398 e.